The van der Waals surface area contributed by atoms with Crippen molar-refractivity contribution in [1.82, 2.24) is 0 Å². The van der Waals surface area contributed by atoms with E-state index >= 15 is 0 Å². The first-order valence-electron chi connectivity index (χ1n) is 2.83. The highest BCUT2D eigenvalue weighted by molar-refractivity contribution is 4.89. The Labute approximate surface area is 53.2 Å². The van der Waals surface area contributed by atoms with Crippen LogP contribution in [0.1, 0.15) is 6.92 Å². The van der Waals surface area contributed by atoms with Crippen molar-refractivity contribution in [3.8, 4) is 0 Å². The third-order valence-corrected chi connectivity index (χ3v) is 1.52. The normalized spacial score (nSPS) is 52.0. The summed E-state index contributed by atoms with van der Waals surface area (Å²) in [5.74, 6) is 0. The first-order chi connectivity index (χ1) is 4.04. The van der Waals surface area contributed by atoms with E-state index in [0.717, 1.165) is 0 Å². The lowest BCUT2D eigenvalue weighted by atomic mass is 10.1. The molecule has 0 aromatic heterocycles. The van der Waals surface area contributed by atoms with Gasteiger partial charge in [-0.25, -0.2) is 0 Å². The largest absolute Gasteiger partial charge is 0.388 e. The van der Waals surface area contributed by atoms with Crippen molar-refractivity contribution in [2.45, 2.75) is 24.9 Å². The van der Waals surface area contributed by atoms with E-state index in [9.17, 15) is 0 Å². The highest BCUT2D eigenvalue weighted by Crippen LogP contribution is 2.19. The number of nitrogens with two attached hydrogens (primary N) is 1. The average molecular weight is 133 g/mol. The van der Waals surface area contributed by atoms with Crippen LogP contribution in [0.3, 0.4) is 0 Å². The second-order valence-electron chi connectivity index (χ2n) is 2.51. The molecule has 1 heterocycles. The van der Waals surface area contributed by atoms with E-state index in [1.807, 2.05) is 0 Å². The number of aliphatic hydroxyl groups is 2. The van der Waals surface area contributed by atoms with Crippen LogP contribution in [-0.4, -0.2) is 34.8 Å². The van der Waals surface area contributed by atoms with Crippen LogP contribution in [-0.2, 0) is 4.74 Å². The van der Waals surface area contributed by atoms with Crippen LogP contribution < -0.4 is 5.73 Å². The van der Waals surface area contributed by atoms with Gasteiger partial charge in [0.1, 0.15) is 17.9 Å². The van der Waals surface area contributed by atoms with Crippen molar-refractivity contribution in [1.29, 1.82) is 0 Å². The van der Waals surface area contributed by atoms with Crippen molar-refractivity contribution in [2.75, 3.05) is 6.61 Å². The smallest absolute Gasteiger partial charge is 0.142 e. The van der Waals surface area contributed by atoms with E-state index in [-0.39, 0.29) is 6.61 Å². The zero-order valence-electron chi connectivity index (χ0n) is 5.24. The maximum Gasteiger partial charge on any atom is 0.142 e. The fourth-order valence-electron chi connectivity index (χ4n) is 0.823. The van der Waals surface area contributed by atoms with E-state index in [1.54, 1.807) is 0 Å². The minimum atomic E-state index is -1.07. The average Bonchev–Trinajstić information content (AvgIpc) is 1.97. The number of rotatable bonds is 0. The molecule has 4 N–H and O–H groups in total. The molecule has 0 aromatic carbocycles. The quantitative estimate of drug-likeness (QED) is 0.372. The molecule has 0 aromatic rings. The topological polar surface area (TPSA) is 75.7 Å². The molecule has 4 nitrogen and oxygen atoms in total. The monoisotopic (exact) mass is 133 g/mol. The predicted octanol–water partition coefficient (Wildman–Crippen LogP) is -1.59. The van der Waals surface area contributed by atoms with Gasteiger partial charge in [0, 0.05) is 0 Å². The summed E-state index contributed by atoms with van der Waals surface area (Å²) in [6, 6.07) is 0. The summed E-state index contributed by atoms with van der Waals surface area (Å²) in [6.07, 6.45) is -1.79. The predicted molar refractivity (Wildman–Crippen MR) is 30.6 cm³/mol. The summed E-state index contributed by atoms with van der Waals surface area (Å²) in [5, 5.41) is 17.9. The van der Waals surface area contributed by atoms with Crippen molar-refractivity contribution in [3.05, 3.63) is 0 Å². The van der Waals surface area contributed by atoms with Crippen molar-refractivity contribution in [2.24, 2.45) is 5.73 Å². The lowest BCUT2D eigenvalue weighted by Gasteiger charge is -2.21. The summed E-state index contributed by atoms with van der Waals surface area (Å²) in [7, 11) is 0. The second-order valence-corrected chi connectivity index (χ2v) is 2.51. The molecule has 9 heavy (non-hydrogen) atoms. The maximum absolute atomic E-state index is 9.03. The van der Waals surface area contributed by atoms with Gasteiger partial charge in [-0.05, 0) is 6.92 Å². The lowest BCUT2D eigenvalue weighted by Crippen LogP contribution is -2.48. The SMILES string of the molecule is C[C@]1(N)OCC(O)C1O. The third-order valence-electron chi connectivity index (χ3n) is 1.52. The molecule has 3 atom stereocenters. The third kappa shape index (κ3) is 1.07. The fraction of sp³-hybridized carbons (Fsp3) is 1.00. The zero-order valence-corrected chi connectivity index (χ0v) is 5.24. The second kappa shape index (κ2) is 1.91. The molecule has 4 heteroatoms. The van der Waals surface area contributed by atoms with E-state index in [4.69, 9.17) is 20.7 Å². The Hall–Kier alpha value is -0.160. The first-order valence-corrected chi connectivity index (χ1v) is 2.83. The number of hydrogen-bond donors (Lipinski definition) is 3. The molecular weight excluding hydrogens is 122 g/mol. The summed E-state index contributed by atoms with van der Waals surface area (Å²) < 4.78 is 4.84. The Morgan fingerprint density at radius 3 is 2.33 bits per heavy atom. The summed E-state index contributed by atoms with van der Waals surface area (Å²) in [6.45, 7) is 1.65. The Morgan fingerprint density at radius 1 is 1.67 bits per heavy atom. The molecule has 1 rings (SSSR count). The van der Waals surface area contributed by atoms with Crippen molar-refractivity contribution >= 4 is 0 Å². The molecule has 1 aliphatic heterocycles. The van der Waals surface area contributed by atoms with E-state index < -0.39 is 17.9 Å². The minimum absolute atomic E-state index is 0.119. The molecule has 0 saturated carbocycles. The van der Waals surface area contributed by atoms with Crippen molar-refractivity contribution < 1.29 is 14.9 Å². The summed E-state index contributed by atoms with van der Waals surface area (Å²) in [5.41, 5.74) is 4.31. The van der Waals surface area contributed by atoms with Gasteiger partial charge >= 0.3 is 0 Å². The molecule has 0 amide bonds. The maximum atomic E-state index is 9.03. The van der Waals surface area contributed by atoms with Gasteiger partial charge in [0.25, 0.3) is 0 Å². The van der Waals surface area contributed by atoms with Gasteiger partial charge in [0.2, 0.25) is 0 Å². The van der Waals surface area contributed by atoms with Gasteiger partial charge in [-0.3, -0.25) is 0 Å². The molecule has 54 valence electrons. The summed E-state index contributed by atoms with van der Waals surface area (Å²) >= 11 is 0. The molecule has 0 aliphatic carbocycles. The molecule has 2 unspecified atom stereocenters. The minimum Gasteiger partial charge on any atom is -0.388 e. The Bertz CT molecular complexity index is 115. The van der Waals surface area contributed by atoms with E-state index in [1.165, 1.54) is 6.92 Å². The number of hydrogen-bond acceptors (Lipinski definition) is 4. The van der Waals surface area contributed by atoms with Crippen LogP contribution in [0, 0.1) is 0 Å². The van der Waals surface area contributed by atoms with Crippen LogP contribution in [0.4, 0.5) is 0 Å². The van der Waals surface area contributed by atoms with Crippen LogP contribution in [0.5, 0.6) is 0 Å². The molecule has 1 fully saturated rings. The van der Waals surface area contributed by atoms with E-state index in [2.05, 4.69) is 0 Å². The van der Waals surface area contributed by atoms with Gasteiger partial charge in [-0.1, -0.05) is 0 Å². The fourth-order valence-corrected chi connectivity index (χ4v) is 0.823. The molecule has 0 spiro atoms. The standard InChI is InChI=1S/C5H11NO3/c1-5(6)4(8)3(7)2-9-5/h3-4,7-8H,2,6H2,1H3/t3?,4?,5-/m0/s1. The van der Waals surface area contributed by atoms with E-state index in [0.29, 0.717) is 0 Å². The Balaban J connectivity index is 2.62. The number of aliphatic hydroxyl groups excluding tert-OH is 2. The Kier molecular flexibility index (Phi) is 1.48. The van der Waals surface area contributed by atoms with Crippen LogP contribution >= 0.6 is 0 Å². The molecule has 1 aliphatic rings. The van der Waals surface area contributed by atoms with Gasteiger partial charge in [-0.15, -0.1) is 0 Å². The highest BCUT2D eigenvalue weighted by Gasteiger charge is 2.41. The summed E-state index contributed by atoms with van der Waals surface area (Å²) in [4.78, 5) is 0. The van der Waals surface area contributed by atoms with Gasteiger partial charge < -0.3 is 20.7 Å². The molecule has 1 saturated heterocycles. The molecule has 0 bridgehead atoms. The highest BCUT2D eigenvalue weighted by atomic mass is 16.6. The van der Waals surface area contributed by atoms with Crippen molar-refractivity contribution in [3.63, 3.8) is 0 Å². The van der Waals surface area contributed by atoms with Crippen LogP contribution in [0.2, 0.25) is 0 Å². The molecule has 0 radical (unpaired) electrons. The zero-order chi connectivity index (χ0) is 7.07. The van der Waals surface area contributed by atoms with Crippen LogP contribution in [0.25, 0.3) is 0 Å². The molecular formula is C5H11NO3. The van der Waals surface area contributed by atoms with Gasteiger partial charge in [-0.2, -0.15) is 0 Å². The van der Waals surface area contributed by atoms with Crippen LogP contribution in [0.15, 0.2) is 0 Å². The van der Waals surface area contributed by atoms with Gasteiger partial charge in [0.05, 0.1) is 6.61 Å². The first kappa shape index (κ1) is 6.95. The lowest BCUT2D eigenvalue weighted by molar-refractivity contribution is -0.0458. The Morgan fingerprint density at radius 2 is 2.22 bits per heavy atom. The van der Waals surface area contributed by atoms with Gasteiger partial charge in [0.15, 0.2) is 0 Å². The number of ether oxygens (including phenoxy) is 1.